The number of carboxylic acid groups (broad SMARTS) is 1. The molecule has 3 N–H and O–H groups in total. The molecule has 0 bridgehead atoms. The van der Waals surface area contributed by atoms with Crippen molar-refractivity contribution in [3.63, 3.8) is 0 Å². The Morgan fingerprint density at radius 2 is 1.17 bits per heavy atom. The highest BCUT2D eigenvalue weighted by Gasteiger charge is 2.51. The number of hydrogen-bond donors (Lipinski definition) is 2. The van der Waals surface area contributed by atoms with Crippen LogP contribution in [0.5, 0.6) is 0 Å². The molecule has 182 valence electrons. The second kappa shape index (κ2) is 10.4. The van der Waals surface area contributed by atoms with Gasteiger partial charge in [0.05, 0.1) is 6.42 Å². The molecule has 3 aromatic carbocycles. The molecule has 0 heterocycles. The SMILES string of the molecule is CC(C)(C)OC(=O)N([C@H](CC(N)=O)C(=O)O)C(c1ccccc1)(c1ccccc1)c1ccccc1. The van der Waals surface area contributed by atoms with E-state index in [1.807, 2.05) is 91.0 Å². The van der Waals surface area contributed by atoms with Crippen molar-refractivity contribution in [3.05, 3.63) is 108 Å². The Labute approximate surface area is 205 Å². The highest BCUT2D eigenvalue weighted by atomic mass is 16.6. The van der Waals surface area contributed by atoms with E-state index in [2.05, 4.69) is 0 Å². The highest BCUT2D eigenvalue weighted by molar-refractivity contribution is 5.88. The van der Waals surface area contributed by atoms with E-state index in [1.54, 1.807) is 20.8 Å². The zero-order valence-electron chi connectivity index (χ0n) is 20.0. The fourth-order valence-corrected chi connectivity index (χ4v) is 4.24. The second-order valence-corrected chi connectivity index (χ2v) is 9.18. The Morgan fingerprint density at radius 3 is 1.46 bits per heavy atom. The number of nitrogens with zero attached hydrogens (tertiary/aromatic N) is 1. The molecule has 7 nitrogen and oxygen atoms in total. The molecule has 3 rings (SSSR count). The van der Waals surface area contributed by atoms with Gasteiger partial charge in [0, 0.05) is 0 Å². The summed E-state index contributed by atoms with van der Waals surface area (Å²) in [5.41, 5.74) is 4.96. The lowest BCUT2D eigenvalue weighted by Crippen LogP contribution is -2.59. The van der Waals surface area contributed by atoms with E-state index in [0.717, 1.165) is 4.90 Å². The van der Waals surface area contributed by atoms with Crippen LogP contribution in [-0.2, 0) is 19.9 Å². The van der Waals surface area contributed by atoms with E-state index in [0.29, 0.717) is 16.7 Å². The van der Waals surface area contributed by atoms with Crippen LogP contribution in [0, 0.1) is 0 Å². The average Bonchev–Trinajstić information content (AvgIpc) is 2.81. The fraction of sp³-hybridized carbons (Fsp3) is 0.250. The van der Waals surface area contributed by atoms with Gasteiger partial charge >= 0.3 is 12.1 Å². The molecule has 0 radical (unpaired) electrons. The molecule has 2 amide bonds. The molecule has 3 aromatic rings. The average molecular weight is 475 g/mol. The number of aliphatic carboxylic acids is 1. The Hall–Kier alpha value is -4.13. The van der Waals surface area contributed by atoms with Crippen molar-refractivity contribution in [2.45, 2.75) is 44.4 Å². The third-order valence-electron chi connectivity index (χ3n) is 5.52. The zero-order chi connectivity index (χ0) is 25.6. The van der Waals surface area contributed by atoms with Crippen LogP contribution in [0.25, 0.3) is 0 Å². The van der Waals surface area contributed by atoms with Crippen molar-refractivity contribution in [1.82, 2.24) is 4.90 Å². The first kappa shape index (κ1) is 25.5. The molecule has 0 unspecified atom stereocenters. The Morgan fingerprint density at radius 1 is 0.800 bits per heavy atom. The number of ether oxygens (including phenoxy) is 1. The van der Waals surface area contributed by atoms with Gasteiger partial charge in [-0.15, -0.1) is 0 Å². The van der Waals surface area contributed by atoms with Gasteiger partial charge in [0.15, 0.2) is 0 Å². The summed E-state index contributed by atoms with van der Waals surface area (Å²) in [5, 5.41) is 10.3. The Kier molecular flexibility index (Phi) is 7.59. The second-order valence-electron chi connectivity index (χ2n) is 9.18. The third kappa shape index (κ3) is 5.51. The summed E-state index contributed by atoms with van der Waals surface area (Å²) in [6.07, 6.45) is -1.48. The van der Waals surface area contributed by atoms with Crippen LogP contribution < -0.4 is 5.73 Å². The molecule has 7 heteroatoms. The number of carbonyl (C=O) groups is 3. The van der Waals surface area contributed by atoms with Gasteiger partial charge in [0.1, 0.15) is 17.2 Å². The van der Waals surface area contributed by atoms with Crippen molar-refractivity contribution < 1.29 is 24.2 Å². The quantitative estimate of drug-likeness (QED) is 0.466. The largest absolute Gasteiger partial charge is 0.480 e. The zero-order valence-corrected chi connectivity index (χ0v) is 20.0. The molecule has 0 aliphatic carbocycles. The maximum Gasteiger partial charge on any atom is 0.412 e. The number of carboxylic acids is 1. The van der Waals surface area contributed by atoms with Crippen LogP contribution in [0.2, 0.25) is 0 Å². The molecule has 0 spiro atoms. The van der Waals surface area contributed by atoms with Crippen molar-refractivity contribution in [2.75, 3.05) is 0 Å². The van der Waals surface area contributed by atoms with Gasteiger partial charge in [0.2, 0.25) is 5.91 Å². The predicted octanol–water partition coefficient (Wildman–Crippen LogP) is 4.54. The molecule has 0 aromatic heterocycles. The minimum Gasteiger partial charge on any atom is -0.480 e. The van der Waals surface area contributed by atoms with E-state index < -0.39 is 41.6 Å². The first-order valence-electron chi connectivity index (χ1n) is 11.3. The molecule has 0 saturated carbocycles. The monoisotopic (exact) mass is 474 g/mol. The van der Waals surface area contributed by atoms with Gasteiger partial charge in [-0.3, -0.25) is 9.69 Å². The summed E-state index contributed by atoms with van der Waals surface area (Å²) in [6.45, 7) is 5.09. The van der Waals surface area contributed by atoms with Crippen molar-refractivity contribution in [1.29, 1.82) is 0 Å². The number of nitrogens with two attached hydrogens (primary N) is 1. The molecule has 1 atom stereocenters. The molecule has 35 heavy (non-hydrogen) atoms. The molecular weight excluding hydrogens is 444 g/mol. The maximum absolute atomic E-state index is 13.9. The summed E-state index contributed by atoms with van der Waals surface area (Å²) in [4.78, 5) is 39.8. The number of amides is 2. The van der Waals surface area contributed by atoms with Crippen LogP contribution in [0.1, 0.15) is 43.9 Å². The molecule has 0 aliphatic rings. The molecular formula is C28H30N2O5. The van der Waals surface area contributed by atoms with Gasteiger partial charge in [0.25, 0.3) is 0 Å². The summed E-state index contributed by atoms with van der Waals surface area (Å²) in [5.74, 6) is -2.23. The van der Waals surface area contributed by atoms with Gasteiger partial charge < -0.3 is 15.6 Å². The normalized spacial score (nSPS) is 12.4. The van der Waals surface area contributed by atoms with Crippen LogP contribution in [-0.4, -0.2) is 39.6 Å². The Bertz CT molecular complexity index is 1060. The third-order valence-corrected chi connectivity index (χ3v) is 5.52. The number of rotatable bonds is 8. The van der Waals surface area contributed by atoms with E-state index in [1.165, 1.54) is 0 Å². The number of hydrogen-bond acceptors (Lipinski definition) is 4. The van der Waals surface area contributed by atoms with E-state index in [4.69, 9.17) is 10.5 Å². The van der Waals surface area contributed by atoms with Gasteiger partial charge in [-0.25, -0.2) is 9.59 Å². The van der Waals surface area contributed by atoms with Gasteiger partial charge in [-0.1, -0.05) is 91.0 Å². The smallest absolute Gasteiger partial charge is 0.412 e. The molecule has 0 fully saturated rings. The number of benzene rings is 3. The standard InChI is InChI=1S/C28H30N2O5/c1-27(2,3)35-26(34)30(23(25(32)33)19-24(29)31)28(20-13-7-4-8-14-20,21-15-9-5-10-16-21)22-17-11-6-12-18-22/h4-18,23H,19H2,1-3H3,(H2,29,31)(H,32,33)/t23-/m1/s1. The first-order chi connectivity index (χ1) is 16.6. The van der Waals surface area contributed by atoms with Crippen molar-refractivity contribution in [2.24, 2.45) is 5.73 Å². The lowest BCUT2D eigenvalue weighted by Gasteiger charge is -2.47. The fourth-order valence-electron chi connectivity index (χ4n) is 4.24. The van der Waals surface area contributed by atoms with E-state index >= 15 is 0 Å². The lowest BCUT2D eigenvalue weighted by atomic mass is 9.74. The predicted molar refractivity (Wildman–Crippen MR) is 133 cm³/mol. The van der Waals surface area contributed by atoms with E-state index in [9.17, 15) is 19.5 Å². The number of primary amides is 1. The van der Waals surface area contributed by atoms with Gasteiger partial charge in [-0.05, 0) is 37.5 Å². The molecule has 0 aliphatic heterocycles. The summed E-state index contributed by atoms with van der Waals surface area (Å²) in [6, 6.07) is 25.7. The topological polar surface area (TPSA) is 110 Å². The van der Waals surface area contributed by atoms with E-state index in [-0.39, 0.29) is 0 Å². The minimum absolute atomic E-state index is 0.594. The van der Waals surface area contributed by atoms with Crippen LogP contribution in [0.3, 0.4) is 0 Å². The lowest BCUT2D eigenvalue weighted by molar-refractivity contribution is -0.147. The highest BCUT2D eigenvalue weighted by Crippen LogP contribution is 2.44. The summed E-state index contributed by atoms with van der Waals surface area (Å²) < 4.78 is 5.75. The van der Waals surface area contributed by atoms with Gasteiger partial charge in [-0.2, -0.15) is 0 Å². The summed E-state index contributed by atoms with van der Waals surface area (Å²) in [7, 11) is 0. The van der Waals surface area contributed by atoms with Crippen molar-refractivity contribution in [3.8, 4) is 0 Å². The molecule has 0 saturated heterocycles. The van der Waals surface area contributed by atoms with Crippen LogP contribution >= 0.6 is 0 Å². The first-order valence-corrected chi connectivity index (χ1v) is 11.3. The summed E-state index contributed by atoms with van der Waals surface area (Å²) >= 11 is 0. The minimum atomic E-state index is -1.61. The number of carbonyl (C=O) groups excluding carboxylic acids is 2. The van der Waals surface area contributed by atoms with Crippen molar-refractivity contribution >= 4 is 18.0 Å². The Balaban J connectivity index is 2.49. The van der Waals surface area contributed by atoms with Crippen LogP contribution in [0.4, 0.5) is 4.79 Å². The maximum atomic E-state index is 13.9. The van der Waals surface area contributed by atoms with Crippen LogP contribution in [0.15, 0.2) is 91.0 Å².